The zero-order valence-electron chi connectivity index (χ0n) is 31.4. The van der Waals surface area contributed by atoms with Gasteiger partial charge in [-0.1, -0.05) is 147 Å². The SMILES string of the molecule is N#Cc1ccc2c(c1)-c1ccc(-c3ccc4sc5c(-c6cc(-c7ccc(-c8ccccc8)cc7)nc(-c7ccccc7)n6)cccc5c4c3)cc1C21CCCCC1. The lowest BCUT2D eigenvalue weighted by atomic mass is 9.67. The van der Waals surface area contributed by atoms with Crippen molar-refractivity contribution in [2.45, 2.75) is 37.5 Å². The summed E-state index contributed by atoms with van der Waals surface area (Å²) in [5, 5.41) is 12.2. The highest BCUT2D eigenvalue weighted by Gasteiger charge is 2.44. The van der Waals surface area contributed by atoms with Crippen LogP contribution < -0.4 is 0 Å². The van der Waals surface area contributed by atoms with Crippen molar-refractivity contribution < 1.29 is 0 Å². The summed E-state index contributed by atoms with van der Waals surface area (Å²) in [6, 6.07) is 61.0. The van der Waals surface area contributed by atoms with Crippen LogP contribution in [0.4, 0.5) is 0 Å². The maximum absolute atomic E-state index is 9.74. The molecule has 2 aliphatic carbocycles. The quantitative estimate of drug-likeness (QED) is 0.176. The summed E-state index contributed by atoms with van der Waals surface area (Å²) in [5.74, 6) is 0.717. The maximum Gasteiger partial charge on any atom is 0.160 e. The van der Waals surface area contributed by atoms with E-state index in [1.165, 1.54) is 83.9 Å². The molecule has 2 aromatic heterocycles. The van der Waals surface area contributed by atoms with Crippen LogP contribution in [0.5, 0.6) is 0 Å². The molecule has 9 aromatic rings. The van der Waals surface area contributed by atoms with Crippen LogP contribution in [0.15, 0.2) is 164 Å². The summed E-state index contributed by atoms with van der Waals surface area (Å²) in [6.45, 7) is 0. The monoisotopic (exact) mass is 747 g/mol. The van der Waals surface area contributed by atoms with Gasteiger partial charge in [0.2, 0.25) is 0 Å². The van der Waals surface area contributed by atoms with Gasteiger partial charge >= 0.3 is 0 Å². The Balaban J connectivity index is 1.02. The normalized spacial score (nSPS) is 14.1. The molecule has 1 fully saturated rings. The fourth-order valence-electron chi connectivity index (χ4n) is 9.54. The van der Waals surface area contributed by atoms with Crippen LogP contribution in [0.1, 0.15) is 48.8 Å². The van der Waals surface area contributed by atoms with E-state index < -0.39 is 0 Å². The number of benzene rings is 7. The number of hydrogen-bond donors (Lipinski definition) is 0. The van der Waals surface area contributed by atoms with Crippen molar-refractivity contribution in [3.05, 3.63) is 180 Å². The summed E-state index contributed by atoms with van der Waals surface area (Å²) in [4.78, 5) is 10.4. The first-order chi connectivity index (χ1) is 28.1. The minimum Gasteiger partial charge on any atom is -0.228 e. The van der Waals surface area contributed by atoms with Gasteiger partial charge in [0.15, 0.2) is 5.82 Å². The summed E-state index contributed by atoms with van der Waals surface area (Å²) >= 11 is 1.84. The molecule has 0 unspecified atom stereocenters. The molecule has 0 amide bonds. The van der Waals surface area contributed by atoms with Crippen LogP contribution in [0.25, 0.3) is 87.5 Å². The van der Waals surface area contributed by atoms with Gasteiger partial charge in [0.05, 0.1) is 23.0 Å². The van der Waals surface area contributed by atoms with E-state index in [-0.39, 0.29) is 5.41 Å². The fraction of sp³-hybridized carbons (Fsp3) is 0.113. The molecule has 1 spiro atoms. The molecule has 0 saturated heterocycles. The van der Waals surface area contributed by atoms with E-state index >= 15 is 0 Å². The van der Waals surface area contributed by atoms with Gasteiger partial charge in [-0.2, -0.15) is 5.26 Å². The Labute approximate surface area is 336 Å². The number of nitrogens with zero attached hydrogens (tertiary/aromatic N) is 3. The average molecular weight is 748 g/mol. The van der Waals surface area contributed by atoms with Crippen LogP contribution >= 0.6 is 11.3 Å². The Bertz CT molecular complexity index is 3040. The third kappa shape index (κ3) is 5.61. The summed E-state index contributed by atoms with van der Waals surface area (Å²) in [5.41, 5.74) is 16.0. The van der Waals surface area contributed by atoms with E-state index in [1.54, 1.807) is 0 Å². The number of thiophene rings is 1. The lowest BCUT2D eigenvalue weighted by molar-refractivity contribution is 0.353. The van der Waals surface area contributed by atoms with Crippen molar-refractivity contribution in [3.63, 3.8) is 0 Å². The van der Waals surface area contributed by atoms with E-state index in [2.05, 4.69) is 140 Å². The fourth-order valence-corrected chi connectivity index (χ4v) is 10.7. The van der Waals surface area contributed by atoms with Crippen molar-refractivity contribution in [1.82, 2.24) is 9.97 Å². The zero-order valence-corrected chi connectivity index (χ0v) is 32.2. The van der Waals surface area contributed by atoms with Gasteiger partial charge in [-0.3, -0.25) is 0 Å². The first-order valence-corrected chi connectivity index (χ1v) is 20.7. The molecule has 0 aliphatic heterocycles. The lowest BCUT2D eigenvalue weighted by Crippen LogP contribution is -2.28. The molecule has 0 atom stereocenters. The molecule has 1 saturated carbocycles. The third-order valence-corrected chi connectivity index (χ3v) is 13.6. The predicted octanol–water partition coefficient (Wildman–Crippen LogP) is 14.3. The first-order valence-electron chi connectivity index (χ1n) is 19.9. The molecule has 2 heterocycles. The van der Waals surface area contributed by atoms with E-state index in [0.717, 1.165) is 46.5 Å². The Morgan fingerprint density at radius 2 is 1.16 bits per heavy atom. The topological polar surface area (TPSA) is 49.6 Å². The molecule has 0 bridgehead atoms. The standard InChI is InChI=1S/C53H37N3S/c54-33-34-17-25-46-44(29-34)41-24-22-40(31-47(41)53(46)27-8-3-9-28-53)39-23-26-50-45(30-39)42-15-10-16-43(51(42)57-50)49-32-48(55-52(56-49)38-13-6-2-7-14-38)37-20-18-36(19-21-37)35-11-4-1-5-12-35/h1-2,4-7,10-26,29-32H,3,8-9,27-28H2. The Kier molecular flexibility index (Phi) is 7.98. The maximum atomic E-state index is 9.74. The van der Waals surface area contributed by atoms with Gasteiger partial charge < -0.3 is 0 Å². The Hall–Kier alpha value is -6.67. The van der Waals surface area contributed by atoms with E-state index in [9.17, 15) is 5.26 Å². The second-order valence-electron chi connectivity index (χ2n) is 15.5. The second-order valence-corrected chi connectivity index (χ2v) is 16.6. The molecule has 0 radical (unpaired) electrons. The zero-order chi connectivity index (χ0) is 37.9. The molecule has 4 heteroatoms. The van der Waals surface area contributed by atoms with Gasteiger partial charge in [-0.05, 0) is 93.7 Å². The minimum atomic E-state index is 0.0277. The number of rotatable bonds is 5. The van der Waals surface area contributed by atoms with Crippen molar-refractivity contribution in [2.75, 3.05) is 0 Å². The molecule has 3 nitrogen and oxygen atoms in total. The first kappa shape index (κ1) is 33.6. The molecular formula is C53H37N3S. The summed E-state index contributed by atoms with van der Waals surface area (Å²) < 4.78 is 2.49. The van der Waals surface area contributed by atoms with E-state index in [1.807, 2.05) is 41.7 Å². The van der Waals surface area contributed by atoms with Crippen molar-refractivity contribution in [2.24, 2.45) is 0 Å². The highest BCUT2D eigenvalue weighted by Crippen LogP contribution is 2.56. The van der Waals surface area contributed by atoms with Gasteiger partial charge in [-0.25, -0.2) is 9.97 Å². The molecule has 11 rings (SSSR count). The largest absolute Gasteiger partial charge is 0.228 e. The van der Waals surface area contributed by atoms with Crippen molar-refractivity contribution in [3.8, 4) is 73.4 Å². The van der Waals surface area contributed by atoms with Crippen LogP contribution in [0, 0.1) is 11.3 Å². The molecule has 2 aliphatic rings. The number of fused-ring (bicyclic) bond motifs is 8. The number of hydrogen-bond acceptors (Lipinski definition) is 4. The van der Waals surface area contributed by atoms with Crippen LogP contribution in [-0.2, 0) is 5.41 Å². The summed E-state index contributed by atoms with van der Waals surface area (Å²) in [7, 11) is 0. The van der Waals surface area contributed by atoms with Crippen molar-refractivity contribution >= 4 is 31.5 Å². The molecule has 270 valence electrons. The van der Waals surface area contributed by atoms with Crippen LogP contribution in [0.3, 0.4) is 0 Å². The van der Waals surface area contributed by atoms with Crippen LogP contribution in [-0.4, -0.2) is 9.97 Å². The van der Waals surface area contributed by atoms with Gasteiger partial charge in [-0.15, -0.1) is 11.3 Å². The van der Waals surface area contributed by atoms with Gasteiger partial charge in [0, 0.05) is 42.3 Å². The smallest absolute Gasteiger partial charge is 0.160 e. The molecular weight excluding hydrogens is 711 g/mol. The van der Waals surface area contributed by atoms with E-state index in [4.69, 9.17) is 9.97 Å². The highest BCUT2D eigenvalue weighted by molar-refractivity contribution is 7.26. The lowest BCUT2D eigenvalue weighted by Gasteiger charge is -2.36. The summed E-state index contributed by atoms with van der Waals surface area (Å²) in [6.07, 6.45) is 6.08. The Morgan fingerprint density at radius 1 is 0.474 bits per heavy atom. The minimum absolute atomic E-state index is 0.0277. The van der Waals surface area contributed by atoms with Gasteiger partial charge in [0.1, 0.15) is 0 Å². The van der Waals surface area contributed by atoms with Crippen molar-refractivity contribution in [1.29, 1.82) is 5.26 Å². The number of aromatic nitrogens is 2. The highest BCUT2D eigenvalue weighted by atomic mass is 32.1. The van der Waals surface area contributed by atoms with Gasteiger partial charge in [0.25, 0.3) is 0 Å². The number of nitriles is 1. The average Bonchev–Trinajstić information content (AvgIpc) is 3.79. The molecule has 7 aromatic carbocycles. The third-order valence-electron chi connectivity index (χ3n) is 12.3. The molecule has 0 N–H and O–H groups in total. The molecule has 57 heavy (non-hydrogen) atoms. The second kappa shape index (κ2) is 13.5. The van der Waals surface area contributed by atoms with Crippen LogP contribution in [0.2, 0.25) is 0 Å². The predicted molar refractivity (Wildman–Crippen MR) is 236 cm³/mol. The van der Waals surface area contributed by atoms with E-state index in [0.29, 0.717) is 5.82 Å². The Morgan fingerprint density at radius 3 is 1.95 bits per heavy atom.